The Balaban J connectivity index is 2.13. The van der Waals surface area contributed by atoms with E-state index in [4.69, 9.17) is 5.73 Å². The molecule has 0 saturated heterocycles. The van der Waals surface area contributed by atoms with Crippen molar-refractivity contribution in [2.45, 2.75) is 59.9 Å². The molecular formula is C14H30N2. The Morgan fingerprint density at radius 2 is 1.75 bits per heavy atom. The maximum atomic E-state index is 6.04. The summed E-state index contributed by atoms with van der Waals surface area (Å²) >= 11 is 0. The van der Waals surface area contributed by atoms with Gasteiger partial charge < -0.3 is 11.1 Å². The van der Waals surface area contributed by atoms with Crippen molar-refractivity contribution in [2.24, 2.45) is 22.5 Å². The predicted molar refractivity (Wildman–Crippen MR) is 71.4 cm³/mol. The fourth-order valence-corrected chi connectivity index (χ4v) is 2.82. The van der Waals surface area contributed by atoms with Crippen molar-refractivity contribution in [1.29, 1.82) is 0 Å². The molecule has 1 fully saturated rings. The highest BCUT2D eigenvalue weighted by Crippen LogP contribution is 2.67. The molecule has 0 bridgehead atoms. The predicted octanol–water partition coefficient (Wildman–Crippen LogP) is 2.78. The lowest BCUT2D eigenvalue weighted by Gasteiger charge is -2.12. The topological polar surface area (TPSA) is 38.0 Å². The van der Waals surface area contributed by atoms with Gasteiger partial charge in [0, 0.05) is 12.6 Å². The zero-order valence-electron chi connectivity index (χ0n) is 11.8. The van der Waals surface area contributed by atoms with E-state index in [1.54, 1.807) is 0 Å². The Bertz CT molecular complexity index is 207. The lowest BCUT2D eigenvalue weighted by molar-refractivity contribution is 0.457. The molecule has 0 aromatic carbocycles. The van der Waals surface area contributed by atoms with Crippen molar-refractivity contribution < 1.29 is 0 Å². The fourth-order valence-electron chi connectivity index (χ4n) is 2.82. The molecule has 0 amide bonds. The molecule has 1 atom stereocenters. The third-order valence-electron chi connectivity index (χ3n) is 5.00. The Morgan fingerprint density at radius 1 is 1.19 bits per heavy atom. The standard InChI is InChI=1S/C14H30N2/c1-6-7-8-11(15)9-16-10-12-13(2,3)14(12,4)5/h11-12,16H,6-10,15H2,1-5H3. The van der Waals surface area contributed by atoms with Gasteiger partial charge in [0.25, 0.3) is 0 Å². The summed E-state index contributed by atoms with van der Waals surface area (Å²) in [6, 6.07) is 0.338. The Hall–Kier alpha value is -0.0800. The van der Waals surface area contributed by atoms with Gasteiger partial charge in [-0.2, -0.15) is 0 Å². The van der Waals surface area contributed by atoms with Crippen LogP contribution in [0.2, 0.25) is 0 Å². The third kappa shape index (κ3) is 2.78. The molecule has 0 spiro atoms. The molecular weight excluding hydrogens is 196 g/mol. The van der Waals surface area contributed by atoms with Crippen LogP contribution in [0.4, 0.5) is 0 Å². The van der Waals surface area contributed by atoms with Gasteiger partial charge in [-0.15, -0.1) is 0 Å². The molecule has 0 aromatic rings. The van der Waals surface area contributed by atoms with Crippen LogP contribution in [0, 0.1) is 16.7 Å². The highest BCUT2D eigenvalue weighted by atomic mass is 14.9. The molecule has 2 heteroatoms. The van der Waals surface area contributed by atoms with Gasteiger partial charge in [-0.1, -0.05) is 47.5 Å². The van der Waals surface area contributed by atoms with E-state index in [1.807, 2.05) is 0 Å². The minimum Gasteiger partial charge on any atom is -0.327 e. The maximum absolute atomic E-state index is 6.04. The summed E-state index contributed by atoms with van der Waals surface area (Å²) < 4.78 is 0. The number of nitrogens with one attached hydrogen (secondary N) is 1. The molecule has 96 valence electrons. The lowest BCUT2D eigenvalue weighted by atomic mass is 10.0. The van der Waals surface area contributed by atoms with Gasteiger partial charge in [0.1, 0.15) is 0 Å². The molecule has 0 radical (unpaired) electrons. The second-order valence-electron chi connectivity index (χ2n) is 6.56. The average molecular weight is 226 g/mol. The van der Waals surface area contributed by atoms with Crippen LogP contribution in [-0.4, -0.2) is 19.1 Å². The fraction of sp³-hybridized carbons (Fsp3) is 1.00. The number of nitrogens with two attached hydrogens (primary N) is 1. The van der Waals surface area contributed by atoms with Crippen LogP contribution in [0.15, 0.2) is 0 Å². The van der Waals surface area contributed by atoms with Crippen molar-refractivity contribution in [3.8, 4) is 0 Å². The first-order valence-corrected chi connectivity index (χ1v) is 6.80. The average Bonchev–Trinajstić information content (AvgIpc) is 2.57. The van der Waals surface area contributed by atoms with Gasteiger partial charge in [-0.3, -0.25) is 0 Å². The van der Waals surface area contributed by atoms with E-state index in [9.17, 15) is 0 Å². The SMILES string of the molecule is CCCCC(N)CNCC1C(C)(C)C1(C)C. The molecule has 0 aliphatic heterocycles. The van der Waals surface area contributed by atoms with Crippen LogP contribution in [-0.2, 0) is 0 Å². The third-order valence-corrected chi connectivity index (χ3v) is 5.00. The van der Waals surface area contributed by atoms with Crippen LogP contribution in [0.1, 0.15) is 53.9 Å². The van der Waals surface area contributed by atoms with Crippen molar-refractivity contribution in [1.82, 2.24) is 5.32 Å². The van der Waals surface area contributed by atoms with Crippen molar-refractivity contribution in [3.05, 3.63) is 0 Å². The van der Waals surface area contributed by atoms with Crippen LogP contribution >= 0.6 is 0 Å². The summed E-state index contributed by atoms with van der Waals surface area (Å²) in [4.78, 5) is 0. The Morgan fingerprint density at radius 3 is 2.19 bits per heavy atom. The second-order valence-corrected chi connectivity index (χ2v) is 6.56. The zero-order chi connectivity index (χ0) is 12.4. The summed E-state index contributed by atoms with van der Waals surface area (Å²) in [6.45, 7) is 13.8. The van der Waals surface area contributed by atoms with Crippen molar-refractivity contribution >= 4 is 0 Å². The van der Waals surface area contributed by atoms with Crippen molar-refractivity contribution in [3.63, 3.8) is 0 Å². The second kappa shape index (κ2) is 5.05. The van der Waals surface area contributed by atoms with Crippen LogP contribution in [0.3, 0.4) is 0 Å². The summed E-state index contributed by atoms with van der Waals surface area (Å²) in [7, 11) is 0. The number of hydrogen-bond acceptors (Lipinski definition) is 2. The molecule has 1 aliphatic rings. The maximum Gasteiger partial charge on any atom is 0.0165 e. The zero-order valence-corrected chi connectivity index (χ0v) is 11.8. The monoisotopic (exact) mass is 226 g/mol. The summed E-state index contributed by atoms with van der Waals surface area (Å²) in [5.41, 5.74) is 7.03. The molecule has 2 nitrogen and oxygen atoms in total. The van der Waals surface area contributed by atoms with Gasteiger partial charge in [-0.25, -0.2) is 0 Å². The van der Waals surface area contributed by atoms with Crippen LogP contribution in [0.25, 0.3) is 0 Å². The number of rotatable bonds is 7. The molecule has 3 N–H and O–H groups in total. The van der Waals surface area contributed by atoms with E-state index in [-0.39, 0.29) is 0 Å². The molecule has 1 unspecified atom stereocenters. The van der Waals surface area contributed by atoms with Gasteiger partial charge in [0.15, 0.2) is 0 Å². The van der Waals surface area contributed by atoms with Crippen molar-refractivity contribution in [2.75, 3.05) is 13.1 Å². The summed E-state index contributed by atoms with van der Waals surface area (Å²) in [6.07, 6.45) is 3.65. The normalized spacial score (nSPS) is 24.4. The van der Waals surface area contributed by atoms with Gasteiger partial charge in [0.05, 0.1) is 0 Å². The summed E-state index contributed by atoms with van der Waals surface area (Å²) in [5.74, 6) is 0.804. The number of hydrogen-bond donors (Lipinski definition) is 2. The van der Waals surface area contributed by atoms with Crippen LogP contribution in [0.5, 0.6) is 0 Å². The molecule has 16 heavy (non-hydrogen) atoms. The molecule has 1 aliphatic carbocycles. The van der Waals surface area contributed by atoms with E-state index >= 15 is 0 Å². The van der Waals surface area contributed by atoms with Crippen LogP contribution < -0.4 is 11.1 Å². The lowest BCUT2D eigenvalue weighted by Crippen LogP contribution is -2.35. The van der Waals surface area contributed by atoms with Gasteiger partial charge in [-0.05, 0) is 29.7 Å². The molecule has 1 rings (SSSR count). The Labute approximate surface area is 101 Å². The molecule has 0 heterocycles. The highest BCUT2D eigenvalue weighted by Gasteiger charge is 2.63. The summed E-state index contributed by atoms with van der Waals surface area (Å²) in [5, 5.41) is 3.54. The minimum atomic E-state index is 0.338. The first kappa shape index (κ1) is 14.0. The molecule has 0 aromatic heterocycles. The number of unbranched alkanes of at least 4 members (excludes halogenated alkanes) is 1. The smallest absolute Gasteiger partial charge is 0.0165 e. The van der Waals surface area contributed by atoms with E-state index < -0.39 is 0 Å². The minimum absolute atomic E-state index is 0.338. The Kier molecular flexibility index (Phi) is 4.42. The first-order chi connectivity index (χ1) is 7.34. The van der Waals surface area contributed by atoms with E-state index in [0.717, 1.165) is 25.4 Å². The largest absolute Gasteiger partial charge is 0.327 e. The highest BCUT2D eigenvalue weighted by molar-refractivity contribution is 5.12. The quantitative estimate of drug-likeness (QED) is 0.700. The van der Waals surface area contributed by atoms with E-state index in [0.29, 0.717) is 16.9 Å². The molecule has 1 saturated carbocycles. The van der Waals surface area contributed by atoms with E-state index in [1.165, 1.54) is 12.8 Å². The van der Waals surface area contributed by atoms with Gasteiger partial charge >= 0.3 is 0 Å². The van der Waals surface area contributed by atoms with E-state index in [2.05, 4.69) is 39.9 Å². The van der Waals surface area contributed by atoms with Gasteiger partial charge in [0.2, 0.25) is 0 Å². The first-order valence-electron chi connectivity index (χ1n) is 6.80.